The molecule has 0 aromatic heterocycles. The van der Waals surface area contributed by atoms with Gasteiger partial charge in [-0.05, 0) is 6.42 Å². The van der Waals surface area contributed by atoms with E-state index in [0.29, 0.717) is 6.42 Å². The second-order valence-corrected chi connectivity index (χ2v) is 5.02. The van der Waals surface area contributed by atoms with Crippen LogP contribution in [0.4, 0.5) is 0 Å². The van der Waals surface area contributed by atoms with Crippen LogP contribution < -0.4 is 0 Å². The van der Waals surface area contributed by atoms with Gasteiger partial charge in [0.2, 0.25) is 0 Å². The average Bonchev–Trinajstić information content (AvgIpc) is 2.46. The lowest BCUT2D eigenvalue weighted by molar-refractivity contribution is -0.156. The van der Waals surface area contributed by atoms with Crippen LogP contribution in [0.1, 0.15) is 64.7 Å². The smallest absolute Gasteiger partial charge is 0.325 e. The Hall–Kier alpha value is -1.58. The van der Waals surface area contributed by atoms with Crippen molar-refractivity contribution in [2.24, 2.45) is 5.92 Å². The summed E-state index contributed by atoms with van der Waals surface area (Å²) in [6, 6.07) is 0. The van der Waals surface area contributed by atoms with Gasteiger partial charge in [0.1, 0.15) is 0 Å². The SMILES string of the molecule is C=COC(=O)C(CCCCCCCCCC)C(=O)OC=C. The molecule has 0 spiro atoms. The summed E-state index contributed by atoms with van der Waals surface area (Å²) in [6.07, 6.45) is 11.7. The lowest BCUT2D eigenvalue weighted by Crippen LogP contribution is -2.25. The Morgan fingerprint density at radius 2 is 1.29 bits per heavy atom. The number of hydrogen-bond donors (Lipinski definition) is 0. The molecular weight excluding hydrogens is 268 g/mol. The van der Waals surface area contributed by atoms with Crippen LogP contribution in [0.2, 0.25) is 0 Å². The predicted octanol–water partition coefficient (Wildman–Crippen LogP) is 4.51. The van der Waals surface area contributed by atoms with Crippen molar-refractivity contribution in [3.05, 3.63) is 25.7 Å². The number of unbranched alkanes of at least 4 members (excludes halogenated alkanes) is 7. The fourth-order valence-corrected chi connectivity index (χ4v) is 2.14. The molecule has 0 heterocycles. The Kier molecular flexibility index (Phi) is 12.4. The first-order valence-electron chi connectivity index (χ1n) is 7.80. The molecule has 0 fully saturated rings. The van der Waals surface area contributed by atoms with Gasteiger partial charge in [-0.1, -0.05) is 71.4 Å². The van der Waals surface area contributed by atoms with Crippen molar-refractivity contribution in [2.45, 2.75) is 64.7 Å². The van der Waals surface area contributed by atoms with E-state index in [-0.39, 0.29) is 0 Å². The molecule has 0 bridgehead atoms. The van der Waals surface area contributed by atoms with Crippen LogP contribution >= 0.6 is 0 Å². The summed E-state index contributed by atoms with van der Waals surface area (Å²) >= 11 is 0. The zero-order chi connectivity index (χ0) is 15.9. The highest BCUT2D eigenvalue weighted by Gasteiger charge is 2.28. The Morgan fingerprint density at radius 3 is 1.71 bits per heavy atom. The van der Waals surface area contributed by atoms with E-state index in [2.05, 4.69) is 29.6 Å². The number of rotatable bonds is 13. The van der Waals surface area contributed by atoms with Crippen molar-refractivity contribution in [3.8, 4) is 0 Å². The van der Waals surface area contributed by atoms with Crippen LogP contribution in [-0.4, -0.2) is 11.9 Å². The molecule has 0 aromatic carbocycles. The van der Waals surface area contributed by atoms with E-state index in [4.69, 9.17) is 0 Å². The molecule has 0 N–H and O–H groups in total. The predicted molar refractivity (Wildman–Crippen MR) is 83.3 cm³/mol. The highest BCUT2D eigenvalue weighted by atomic mass is 16.5. The minimum absolute atomic E-state index is 0.439. The van der Waals surface area contributed by atoms with Gasteiger partial charge in [-0.2, -0.15) is 0 Å². The standard InChI is InChI=1S/C17H28O4/c1-4-7-8-9-10-11-12-13-14-15(16(18)20-5-2)17(19)21-6-3/h5-6,15H,2-4,7-14H2,1H3. The highest BCUT2D eigenvalue weighted by Crippen LogP contribution is 2.16. The summed E-state index contributed by atoms with van der Waals surface area (Å²) < 4.78 is 9.37. The molecule has 0 aliphatic heterocycles. The summed E-state index contributed by atoms with van der Waals surface area (Å²) in [5.74, 6) is -2.11. The van der Waals surface area contributed by atoms with Gasteiger partial charge in [0, 0.05) is 0 Å². The largest absolute Gasteiger partial charge is 0.434 e. The van der Waals surface area contributed by atoms with Crippen LogP contribution in [0.15, 0.2) is 25.7 Å². The average molecular weight is 296 g/mol. The van der Waals surface area contributed by atoms with E-state index < -0.39 is 17.9 Å². The normalized spacial score (nSPS) is 10.2. The van der Waals surface area contributed by atoms with E-state index in [0.717, 1.165) is 31.8 Å². The third kappa shape index (κ3) is 9.88. The zero-order valence-electron chi connectivity index (χ0n) is 13.1. The summed E-state index contributed by atoms with van der Waals surface area (Å²) in [5, 5.41) is 0. The molecular formula is C17H28O4. The Bertz CT molecular complexity index is 301. The van der Waals surface area contributed by atoms with Gasteiger partial charge in [0.15, 0.2) is 5.92 Å². The molecule has 0 saturated carbocycles. The van der Waals surface area contributed by atoms with Crippen molar-refractivity contribution in [2.75, 3.05) is 0 Å². The number of carbonyl (C=O) groups excluding carboxylic acids is 2. The van der Waals surface area contributed by atoms with E-state index in [9.17, 15) is 9.59 Å². The second kappa shape index (κ2) is 13.4. The molecule has 0 amide bonds. The number of carbonyl (C=O) groups is 2. The molecule has 4 nitrogen and oxygen atoms in total. The van der Waals surface area contributed by atoms with Crippen LogP contribution in [-0.2, 0) is 19.1 Å². The van der Waals surface area contributed by atoms with Gasteiger partial charge >= 0.3 is 11.9 Å². The maximum absolute atomic E-state index is 11.7. The zero-order valence-corrected chi connectivity index (χ0v) is 13.1. The molecule has 0 unspecified atom stereocenters. The van der Waals surface area contributed by atoms with E-state index in [1.165, 1.54) is 32.1 Å². The monoisotopic (exact) mass is 296 g/mol. The van der Waals surface area contributed by atoms with Gasteiger partial charge in [-0.25, -0.2) is 0 Å². The van der Waals surface area contributed by atoms with Gasteiger partial charge in [0.25, 0.3) is 0 Å². The number of esters is 2. The Balaban J connectivity index is 3.95. The van der Waals surface area contributed by atoms with Gasteiger partial charge in [0.05, 0.1) is 12.5 Å². The minimum Gasteiger partial charge on any atom is -0.434 e. The molecule has 120 valence electrons. The first-order valence-corrected chi connectivity index (χ1v) is 7.80. The Morgan fingerprint density at radius 1 is 0.857 bits per heavy atom. The first kappa shape index (κ1) is 19.4. The molecule has 0 radical (unpaired) electrons. The number of ether oxygens (including phenoxy) is 2. The topological polar surface area (TPSA) is 52.6 Å². The Labute approximate surface area is 128 Å². The maximum Gasteiger partial charge on any atom is 0.325 e. The van der Waals surface area contributed by atoms with Crippen molar-refractivity contribution in [1.82, 2.24) is 0 Å². The van der Waals surface area contributed by atoms with Gasteiger partial charge in [-0.15, -0.1) is 0 Å². The van der Waals surface area contributed by atoms with Crippen molar-refractivity contribution < 1.29 is 19.1 Å². The second-order valence-electron chi connectivity index (χ2n) is 5.02. The highest BCUT2D eigenvalue weighted by molar-refractivity contribution is 5.95. The quantitative estimate of drug-likeness (QED) is 0.217. The molecule has 0 aromatic rings. The fraction of sp³-hybridized carbons (Fsp3) is 0.647. The maximum atomic E-state index is 11.7. The minimum atomic E-state index is -0.888. The van der Waals surface area contributed by atoms with Crippen LogP contribution in [0.3, 0.4) is 0 Å². The molecule has 21 heavy (non-hydrogen) atoms. The van der Waals surface area contributed by atoms with Gasteiger partial charge in [-0.3, -0.25) is 9.59 Å². The molecule has 0 atom stereocenters. The van der Waals surface area contributed by atoms with E-state index >= 15 is 0 Å². The van der Waals surface area contributed by atoms with Crippen molar-refractivity contribution in [1.29, 1.82) is 0 Å². The third-order valence-electron chi connectivity index (χ3n) is 3.31. The van der Waals surface area contributed by atoms with E-state index in [1.54, 1.807) is 0 Å². The summed E-state index contributed by atoms with van der Waals surface area (Å²) in [5.41, 5.74) is 0. The molecule has 0 rings (SSSR count). The fourth-order valence-electron chi connectivity index (χ4n) is 2.14. The summed E-state index contributed by atoms with van der Waals surface area (Å²) in [7, 11) is 0. The van der Waals surface area contributed by atoms with E-state index in [1.807, 2.05) is 0 Å². The molecule has 0 saturated heterocycles. The summed E-state index contributed by atoms with van der Waals surface area (Å²) in [6.45, 7) is 8.84. The van der Waals surface area contributed by atoms with Crippen LogP contribution in [0, 0.1) is 5.92 Å². The van der Waals surface area contributed by atoms with Crippen molar-refractivity contribution >= 4 is 11.9 Å². The molecule has 0 aliphatic carbocycles. The lowest BCUT2D eigenvalue weighted by atomic mass is 10.00. The third-order valence-corrected chi connectivity index (χ3v) is 3.31. The summed E-state index contributed by atoms with van der Waals surface area (Å²) in [4.78, 5) is 23.3. The first-order chi connectivity index (χ1) is 10.2. The van der Waals surface area contributed by atoms with Crippen LogP contribution in [0.5, 0.6) is 0 Å². The molecule has 4 heteroatoms. The molecule has 0 aliphatic rings. The van der Waals surface area contributed by atoms with Crippen molar-refractivity contribution in [3.63, 3.8) is 0 Å². The number of hydrogen-bond acceptors (Lipinski definition) is 4. The van der Waals surface area contributed by atoms with Gasteiger partial charge < -0.3 is 9.47 Å². The van der Waals surface area contributed by atoms with Crippen LogP contribution in [0.25, 0.3) is 0 Å². The lowest BCUT2D eigenvalue weighted by Gasteiger charge is -2.12.